The molecule has 4 nitrogen and oxygen atoms in total. The van der Waals surface area contributed by atoms with Gasteiger partial charge in [0.2, 0.25) is 0 Å². The second kappa shape index (κ2) is 3.85. The lowest BCUT2D eigenvalue weighted by molar-refractivity contribution is -0.0435. The number of rotatable bonds is 2. The summed E-state index contributed by atoms with van der Waals surface area (Å²) in [6, 6.07) is 0. The van der Waals surface area contributed by atoms with E-state index in [2.05, 4.69) is 44.8 Å². The van der Waals surface area contributed by atoms with Gasteiger partial charge in [0, 0.05) is 17.4 Å². The molecule has 1 N–H and O–H groups in total. The molecule has 1 atom stereocenters. The second-order valence-corrected chi connectivity index (χ2v) is 5.79. The van der Waals surface area contributed by atoms with E-state index in [9.17, 15) is 0 Å². The fourth-order valence-corrected chi connectivity index (χ4v) is 2.33. The lowest BCUT2D eigenvalue weighted by atomic mass is 9.78. The SMILES string of the molecule is Cc1[nH]ncc1B1OC(C)(C)C(C)(C(C)C)O1. The fraction of sp³-hybridized carbons (Fsp3) is 0.750. The van der Waals surface area contributed by atoms with Crippen molar-refractivity contribution in [2.24, 2.45) is 5.92 Å². The van der Waals surface area contributed by atoms with Crippen LogP contribution in [0.15, 0.2) is 6.20 Å². The molecular weight excluding hydrogens is 215 g/mol. The molecule has 5 heteroatoms. The van der Waals surface area contributed by atoms with Gasteiger partial charge in [0.15, 0.2) is 0 Å². The van der Waals surface area contributed by atoms with Crippen molar-refractivity contribution in [3.63, 3.8) is 0 Å². The molecule has 1 aliphatic rings. The number of H-pyrrole nitrogens is 1. The third-order valence-electron chi connectivity index (χ3n) is 4.17. The first-order valence-electron chi connectivity index (χ1n) is 6.13. The number of aromatic nitrogens is 2. The summed E-state index contributed by atoms with van der Waals surface area (Å²) in [6.07, 6.45) is 1.78. The van der Waals surface area contributed by atoms with E-state index in [1.54, 1.807) is 6.20 Å². The van der Waals surface area contributed by atoms with Crippen LogP contribution in [0.2, 0.25) is 0 Å². The van der Waals surface area contributed by atoms with Crippen LogP contribution in [0.3, 0.4) is 0 Å². The Bertz CT molecular complexity index is 416. The predicted octanol–water partition coefficient (Wildman–Crippen LogP) is 1.65. The summed E-state index contributed by atoms with van der Waals surface area (Å²) in [5.41, 5.74) is 1.39. The van der Waals surface area contributed by atoms with Gasteiger partial charge in [-0.1, -0.05) is 13.8 Å². The van der Waals surface area contributed by atoms with E-state index in [0.717, 1.165) is 11.2 Å². The van der Waals surface area contributed by atoms with Crippen molar-refractivity contribution in [3.05, 3.63) is 11.9 Å². The van der Waals surface area contributed by atoms with Crippen molar-refractivity contribution in [2.75, 3.05) is 0 Å². The molecule has 1 aliphatic heterocycles. The van der Waals surface area contributed by atoms with Crippen LogP contribution in [0.1, 0.15) is 40.3 Å². The van der Waals surface area contributed by atoms with Gasteiger partial charge in [-0.15, -0.1) is 0 Å². The smallest absolute Gasteiger partial charge is 0.399 e. The Morgan fingerprint density at radius 2 is 1.94 bits per heavy atom. The van der Waals surface area contributed by atoms with Crippen molar-refractivity contribution in [1.29, 1.82) is 0 Å². The summed E-state index contributed by atoms with van der Waals surface area (Å²) >= 11 is 0. The minimum atomic E-state index is -0.323. The maximum absolute atomic E-state index is 6.17. The highest BCUT2D eigenvalue weighted by Crippen LogP contribution is 2.42. The molecule has 0 radical (unpaired) electrons. The minimum absolute atomic E-state index is 0.290. The first-order valence-corrected chi connectivity index (χ1v) is 6.13. The molecule has 0 bridgehead atoms. The van der Waals surface area contributed by atoms with Crippen LogP contribution in [0.5, 0.6) is 0 Å². The van der Waals surface area contributed by atoms with Gasteiger partial charge in [0.1, 0.15) is 0 Å². The lowest BCUT2D eigenvalue weighted by Gasteiger charge is -2.39. The first-order chi connectivity index (χ1) is 7.78. The van der Waals surface area contributed by atoms with Gasteiger partial charge in [-0.2, -0.15) is 5.10 Å². The first kappa shape index (κ1) is 12.6. The molecule has 2 rings (SSSR count). The Morgan fingerprint density at radius 1 is 1.29 bits per heavy atom. The highest BCUT2D eigenvalue weighted by Gasteiger charge is 2.56. The third kappa shape index (κ3) is 1.81. The molecule has 2 heterocycles. The van der Waals surface area contributed by atoms with Gasteiger partial charge in [0.25, 0.3) is 0 Å². The van der Waals surface area contributed by atoms with Gasteiger partial charge in [-0.3, -0.25) is 5.10 Å². The van der Waals surface area contributed by atoms with Crippen molar-refractivity contribution in [3.8, 4) is 0 Å². The molecule has 1 fully saturated rings. The monoisotopic (exact) mass is 236 g/mol. The molecule has 0 aliphatic carbocycles. The summed E-state index contributed by atoms with van der Waals surface area (Å²) in [5, 5.41) is 6.94. The molecule has 1 aromatic heterocycles. The summed E-state index contributed by atoms with van der Waals surface area (Å²) in [7, 11) is -0.323. The van der Waals surface area contributed by atoms with E-state index in [4.69, 9.17) is 9.31 Å². The van der Waals surface area contributed by atoms with Crippen LogP contribution in [0.25, 0.3) is 0 Å². The standard InChI is InChI=1S/C12H21BN2O2/c1-8(2)12(6)11(4,5)16-13(17-12)10-7-14-15-9(10)3/h7-8H,1-6H3,(H,14,15). The molecular formula is C12H21BN2O2. The zero-order valence-corrected chi connectivity index (χ0v) is 11.5. The van der Waals surface area contributed by atoms with Gasteiger partial charge < -0.3 is 9.31 Å². The zero-order valence-electron chi connectivity index (χ0n) is 11.5. The van der Waals surface area contributed by atoms with Crippen molar-refractivity contribution >= 4 is 12.6 Å². The van der Waals surface area contributed by atoms with Gasteiger partial charge in [0.05, 0.1) is 11.2 Å². The Kier molecular flexibility index (Phi) is 2.87. The average molecular weight is 236 g/mol. The Hall–Kier alpha value is -0.805. The maximum atomic E-state index is 6.17. The quantitative estimate of drug-likeness (QED) is 0.794. The van der Waals surface area contributed by atoms with Crippen LogP contribution < -0.4 is 5.46 Å². The Labute approximate surface area is 103 Å². The van der Waals surface area contributed by atoms with Gasteiger partial charge in [-0.05, 0) is 33.6 Å². The Balaban J connectivity index is 2.31. The summed E-state index contributed by atoms with van der Waals surface area (Å²) in [4.78, 5) is 0. The highest BCUT2D eigenvalue weighted by atomic mass is 16.7. The van der Waals surface area contributed by atoms with E-state index in [0.29, 0.717) is 5.92 Å². The molecule has 1 unspecified atom stereocenters. The number of nitrogens with one attached hydrogen (secondary N) is 1. The average Bonchev–Trinajstić information content (AvgIpc) is 2.70. The van der Waals surface area contributed by atoms with Crippen LogP contribution in [-0.4, -0.2) is 28.5 Å². The highest BCUT2D eigenvalue weighted by molar-refractivity contribution is 6.62. The van der Waals surface area contributed by atoms with Crippen LogP contribution in [-0.2, 0) is 9.31 Å². The zero-order chi connectivity index (χ0) is 12.8. The summed E-state index contributed by atoms with van der Waals surface area (Å²) in [6.45, 7) is 12.6. The molecule has 0 spiro atoms. The van der Waals surface area contributed by atoms with Crippen molar-refractivity contribution in [2.45, 2.75) is 52.7 Å². The second-order valence-electron chi connectivity index (χ2n) is 5.79. The number of hydrogen-bond acceptors (Lipinski definition) is 3. The Morgan fingerprint density at radius 3 is 2.35 bits per heavy atom. The van der Waals surface area contributed by atoms with Crippen LogP contribution in [0.4, 0.5) is 0 Å². The third-order valence-corrected chi connectivity index (χ3v) is 4.17. The number of nitrogens with zero attached hydrogens (tertiary/aromatic N) is 1. The van der Waals surface area contributed by atoms with E-state index in [-0.39, 0.29) is 18.3 Å². The normalized spacial score (nSPS) is 28.1. The molecule has 1 saturated heterocycles. The number of hydrogen-bond donors (Lipinski definition) is 1. The van der Waals surface area contributed by atoms with Crippen molar-refractivity contribution < 1.29 is 9.31 Å². The minimum Gasteiger partial charge on any atom is -0.399 e. The van der Waals surface area contributed by atoms with Gasteiger partial charge >= 0.3 is 7.12 Å². The summed E-state index contributed by atoms with van der Waals surface area (Å²) in [5.74, 6) is 0.384. The molecule has 0 saturated carbocycles. The molecule has 1 aromatic rings. The molecule has 0 amide bonds. The van der Waals surface area contributed by atoms with Crippen LogP contribution in [0, 0.1) is 12.8 Å². The maximum Gasteiger partial charge on any atom is 0.498 e. The molecule has 17 heavy (non-hydrogen) atoms. The number of aryl methyl sites for hydroxylation is 1. The largest absolute Gasteiger partial charge is 0.498 e. The van der Waals surface area contributed by atoms with Crippen LogP contribution >= 0.6 is 0 Å². The number of aromatic amines is 1. The van der Waals surface area contributed by atoms with E-state index in [1.807, 2.05) is 6.92 Å². The topological polar surface area (TPSA) is 47.1 Å². The van der Waals surface area contributed by atoms with E-state index >= 15 is 0 Å². The van der Waals surface area contributed by atoms with Crippen molar-refractivity contribution in [1.82, 2.24) is 10.2 Å². The summed E-state index contributed by atoms with van der Waals surface area (Å²) < 4.78 is 12.2. The molecule has 94 valence electrons. The lowest BCUT2D eigenvalue weighted by Crippen LogP contribution is -2.48. The van der Waals surface area contributed by atoms with E-state index in [1.165, 1.54) is 0 Å². The van der Waals surface area contributed by atoms with Gasteiger partial charge in [-0.25, -0.2) is 0 Å². The van der Waals surface area contributed by atoms with E-state index < -0.39 is 0 Å². The molecule has 0 aromatic carbocycles. The fourth-order valence-electron chi connectivity index (χ4n) is 2.33. The predicted molar refractivity (Wildman–Crippen MR) is 68.2 cm³/mol.